The number of nitro groups is 1. The zero-order valence-electron chi connectivity index (χ0n) is 19.0. The highest BCUT2D eigenvalue weighted by Gasteiger charge is 2.50. The summed E-state index contributed by atoms with van der Waals surface area (Å²) in [5, 5.41) is 19.6. The van der Waals surface area contributed by atoms with Crippen LogP contribution in [0.5, 0.6) is 0 Å². The van der Waals surface area contributed by atoms with E-state index in [1.165, 1.54) is 16.9 Å². The SMILES string of the molecule is CC(OP(=O)(N1CC1)N1CC1)c1ccc([N+](=O)[O-])c(-c2cn(COC(=O)C(C)(C)C)nn2)c1. The number of nitrogens with zero attached hydrogens (tertiary/aromatic N) is 6. The molecule has 178 valence electrons. The van der Waals surface area contributed by atoms with Gasteiger partial charge in [-0.25, -0.2) is 14.0 Å². The zero-order valence-corrected chi connectivity index (χ0v) is 19.9. The van der Waals surface area contributed by atoms with Crippen LogP contribution in [0.25, 0.3) is 11.3 Å². The minimum atomic E-state index is -3.06. The minimum Gasteiger partial charge on any atom is -0.442 e. The lowest BCUT2D eigenvalue weighted by Gasteiger charge is -2.24. The first-order chi connectivity index (χ1) is 15.5. The lowest BCUT2D eigenvalue weighted by atomic mass is 9.98. The first-order valence-electron chi connectivity index (χ1n) is 10.6. The van der Waals surface area contributed by atoms with Crippen molar-refractivity contribution in [2.45, 2.75) is 40.5 Å². The maximum atomic E-state index is 13.3. The van der Waals surface area contributed by atoms with Gasteiger partial charge in [-0.2, -0.15) is 0 Å². The maximum Gasteiger partial charge on any atom is 0.346 e. The first-order valence-corrected chi connectivity index (χ1v) is 12.2. The number of nitro benzene ring substituents is 1. The number of carbonyl (C=O) groups is 1. The second kappa shape index (κ2) is 8.60. The molecule has 0 radical (unpaired) electrons. The molecule has 2 aliphatic rings. The minimum absolute atomic E-state index is 0.148. The van der Waals surface area contributed by atoms with Crippen molar-refractivity contribution in [3.63, 3.8) is 0 Å². The Morgan fingerprint density at radius 2 is 1.88 bits per heavy atom. The molecule has 3 heterocycles. The summed E-state index contributed by atoms with van der Waals surface area (Å²) >= 11 is 0. The Morgan fingerprint density at radius 3 is 2.42 bits per heavy atom. The summed E-state index contributed by atoms with van der Waals surface area (Å²) in [5.74, 6) is -0.402. The summed E-state index contributed by atoms with van der Waals surface area (Å²) in [6.45, 7) is 9.74. The second-order valence-electron chi connectivity index (χ2n) is 9.13. The van der Waals surface area contributed by atoms with Gasteiger partial charge >= 0.3 is 13.6 Å². The van der Waals surface area contributed by atoms with E-state index in [1.807, 2.05) is 9.34 Å². The van der Waals surface area contributed by atoms with Crippen LogP contribution in [0.2, 0.25) is 0 Å². The molecule has 0 spiro atoms. The van der Waals surface area contributed by atoms with E-state index in [4.69, 9.17) is 9.26 Å². The van der Waals surface area contributed by atoms with Gasteiger partial charge in [-0.15, -0.1) is 5.10 Å². The fraction of sp³-hybridized carbons (Fsp3) is 0.550. The van der Waals surface area contributed by atoms with E-state index >= 15 is 0 Å². The van der Waals surface area contributed by atoms with Crippen molar-refractivity contribution < 1.29 is 23.5 Å². The molecule has 2 aromatic rings. The topological polar surface area (TPSA) is 132 Å². The van der Waals surface area contributed by atoms with Gasteiger partial charge in [0, 0.05) is 32.2 Å². The molecule has 1 unspecified atom stereocenters. The Morgan fingerprint density at radius 1 is 1.24 bits per heavy atom. The standard InChI is InChI=1S/C20H27N6O6P/c1-14(32-33(30,24-7-8-24)25-9-10-25)15-5-6-18(26(28)29)16(11-15)17-12-23(22-21-17)13-31-19(27)20(2,3)4/h5-6,11-12,14H,7-10,13H2,1-4H3. The Kier molecular flexibility index (Phi) is 6.12. The first kappa shape index (κ1) is 23.5. The molecule has 1 aromatic heterocycles. The third-order valence-corrected chi connectivity index (χ3v) is 8.12. The lowest BCUT2D eigenvalue weighted by molar-refractivity contribution is -0.384. The highest BCUT2D eigenvalue weighted by Crippen LogP contribution is 2.63. The molecular formula is C20H27N6O6P. The number of hydrogen-bond donors (Lipinski definition) is 0. The molecule has 1 aromatic carbocycles. The van der Waals surface area contributed by atoms with Crippen LogP contribution in [0.4, 0.5) is 5.69 Å². The highest BCUT2D eigenvalue weighted by molar-refractivity contribution is 7.54. The Labute approximate surface area is 191 Å². The number of benzene rings is 1. The molecule has 0 amide bonds. The molecule has 0 N–H and O–H groups in total. The number of aromatic nitrogens is 3. The fourth-order valence-corrected chi connectivity index (χ4v) is 5.52. The molecule has 0 bridgehead atoms. The van der Waals surface area contributed by atoms with Crippen molar-refractivity contribution in [1.29, 1.82) is 0 Å². The van der Waals surface area contributed by atoms with Gasteiger partial charge in [0.15, 0.2) is 6.73 Å². The van der Waals surface area contributed by atoms with Gasteiger partial charge in [0.25, 0.3) is 5.69 Å². The molecule has 4 rings (SSSR count). The van der Waals surface area contributed by atoms with Gasteiger partial charge in [0.2, 0.25) is 0 Å². The normalized spacial score (nSPS) is 17.6. The summed E-state index contributed by atoms with van der Waals surface area (Å²) in [6, 6.07) is 4.58. The molecular weight excluding hydrogens is 451 g/mol. The van der Waals surface area contributed by atoms with Gasteiger partial charge < -0.3 is 4.74 Å². The van der Waals surface area contributed by atoms with Crippen LogP contribution in [0.1, 0.15) is 39.4 Å². The van der Waals surface area contributed by atoms with Crippen LogP contribution in [-0.2, 0) is 25.4 Å². The van der Waals surface area contributed by atoms with E-state index in [0.29, 0.717) is 5.56 Å². The lowest BCUT2D eigenvalue weighted by Crippen LogP contribution is -2.24. The molecule has 12 nitrogen and oxygen atoms in total. The van der Waals surface area contributed by atoms with Crippen LogP contribution in [-0.4, -0.2) is 61.4 Å². The predicted octanol–water partition coefficient (Wildman–Crippen LogP) is 3.22. The van der Waals surface area contributed by atoms with Gasteiger partial charge in [0.1, 0.15) is 5.69 Å². The third kappa shape index (κ3) is 5.14. The predicted molar refractivity (Wildman–Crippen MR) is 118 cm³/mol. The van der Waals surface area contributed by atoms with Crippen molar-refractivity contribution in [2.75, 3.05) is 26.2 Å². The summed E-state index contributed by atoms with van der Waals surface area (Å²) < 4.78 is 29.5. The monoisotopic (exact) mass is 478 g/mol. The van der Waals surface area contributed by atoms with Crippen LogP contribution < -0.4 is 0 Å². The maximum absolute atomic E-state index is 13.3. The van der Waals surface area contributed by atoms with Crippen LogP contribution in [0, 0.1) is 15.5 Å². The zero-order chi connectivity index (χ0) is 24.0. The second-order valence-corrected chi connectivity index (χ2v) is 11.5. The summed E-state index contributed by atoms with van der Waals surface area (Å²) in [5.41, 5.74) is 0.315. The molecule has 0 aliphatic carbocycles. The van der Waals surface area contributed by atoms with Gasteiger partial charge in [-0.3, -0.25) is 24.0 Å². The van der Waals surface area contributed by atoms with E-state index in [9.17, 15) is 19.5 Å². The van der Waals surface area contributed by atoms with Gasteiger partial charge in [-0.05, 0) is 45.4 Å². The molecule has 13 heteroatoms. The molecule has 0 saturated carbocycles. The van der Waals surface area contributed by atoms with E-state index in [-0.39, 0.29) is 23.7 Å². The number of carbonyl (C=O) groups excluding carboxylic acids is 1. The molecule has 2 aliphatic heterocycles. The van der Waals surface area contributed by atoms with Crippen molar-refractivity contribution in [1.82, 2.24) is 24.3 Å². The summed E-state index contributed by atoms with van der Waals surface area (Å²) in [7, 11) is -3.06. The Bertz CT molecular complexity index is 1100. The van der Waals surface area contributed by atoms with E-state index in [0.717, 1.165) is 26.2 Å². The fourth-order valence-electron chi connectivity index (χ4n) is 3.17. The summed E-state index contributed by atoms with van der Waals surface area (Å²) in [4.78, 5) is 23.1. The van der Waals surface area contributed by atoms with Crippen LogP contribution in [0.15, 0.2) is 24.4 Å². The van der Waals surface area contributed by atoms with Crippen molar-refractivity contribution in [3.8, 4) is 11.3 Å². The largest absolute Gasteiger partial charge is 0.442 e. The number of esters is 1. The van der Waals surface area contributed by atoms with Crippen LogP contribution >= 0.6 is 7.67 Å². The molecule has 1 atom stereocenters. The van der Waals surface area contributed by atoms with Crippen molar-refractivity contribution in [2.24, 2.45) is 5.41 Å². The quantitative estimate of drug-likeness (QED) is 0.174. The van der Waals surface area contributed by atoms with Gasteiger partial charge in [0.05, 0.1) is 28.2 Å². The van der Waals surface area contributed by atoms with Crippen molar-refractivity contribution in [3.05, 3.63) is 40.1 Å². The Balaban J connectivity index is 1.56. The van der Waals surface area contributed by atoms with E-state index in [2.05, 4.69) is 10.3 Å². The van der Waals surface area contributed by atoms with Gasteiger partial charge in [-0.1, -0.05) is 5.21 Å². The van der Waals surface area contributed by atoms with E-state index in [1.54, 1.807) is 39.8 Å². The molecule has 33 heavy (non-hydrogen) atoms. The average Bonchev–Trinajstić information content (AvgIpc) is 3.67. The third-order valence-electron chi connectivity index (χ3n) is 5.30. The Hall–Kier alpha value is -2.66. The number of hydrogen-bond acceptors (Lipinski definition) is 8. The smallest absolute Gasteiger partial charge is 0.346 e. The number of ether oxygens (including phenoxy) is 1. The highest BCUT2D eigenvalue weighted by atomic mass is 31.2. The van der Waals surface area contributed by atoms with Crippen LogP contribution in [0.3, 0.4) is 0 Å². The molecule has 2 fully saturated rings. The summed E-state index contributed by atoms with van der Waals surface area (Å²) in [6.07, 6.45) is 0.920. The average molecular weight is 478 g/mol. The van der Waals surface area contributed by atoms with E-state index < -0.39 is 30.1 Å². The van der Waals surface area contributed by atoms with Crippen molar-refractivity contribution >= 4 is 19.3 Å². The molecule has 2 saturated heterocycles. The number of rotatable bonds is 9.